The van der Waals surface area contributed by atoms with Crippen LogP contribution in [-0.4, -0.2) is 49.3 Å². The number of benzene rings is 1. The van der Waals surface area contributed by atoms with Crippen molar-refractivity contribution in [3.05, 3.63) is 35.6 Å². The smallest absolute Gasteiger partial charge is 0.123 e. The van der Waals surface area contributed by atoms with Gasteiger partial charge in [-0.1, -0.05) is 12.1 Å². The molecule has 1 atom stereocenters. The Morgan fingerprint density at radius 1 is 1.24 bits per heavy atom. The van der Waals surface area contributed by atoms with E-state index in [9.17, 15) is 4.39 Å². The maximum atomic E-state index is 12.9. The second-order valence-corrected chi connectivity index (χ2v) is 6.52. The number of morpholine rings is 1. The summed E-state index contributed by atoms with van der Waals surface area (Å²) in [5.41, 5.74) is 1.29. The number of nitrogens with one attached hydrogen (secondary N) is 1. The predicted molar refractivity (Wildman–Crippen MR) is 84.0 cm³/mol. The van der Waals surface area contributed by atoms with Gasteiger partial charge in [0, 0.05) is 31.2 Å². The Hall–Kier alpha value is -0.970. The lowest BCUT2D eigenvalue weighted by Gasteiger charge is -2.41. The van der Waals surface area contributed by atoms with Crippen molar-refractivity contribution in [1.29, 1.82) is 0 Å². The van der Waals surface area contributed by atoms with Crippen LogP contribution in [0.3, 0.4) is 0 Å². The van der Waals surface area contributed by atoms with Crippen LogP contribution in [0.25, 0.3) is 0 Å². The van der Waals surface area contributed by atoms with E-state index < -0.39 is 0 Å². The van der Waals surface area contributed by atoms with E-state index in [1.807, 2.05) is 12.1 Å². The van der Waals surface area contributed by atoms with Gasteiger partial charge in [0.25, 0.3) is 0 Å². The van der Waals surface area contributed by atoms with E-state index in [2.05, 4.69) is 31.0 Å². The maximum Gasteiger partial charge on any atom is 0.123 e. The van der Waals surface area contributed by atoms with Gasteiger partial charge in [0.1, 0.15) is 5.82 Å². The lowest BCUT2D eigenvalue weighted by Crippen LogP contribution is -2.55. The van der Waals surface area contributed by atoms with E-state index in [4.69, 9.17) is 4.74 Å². The van der Waals surface area contributed by atoms with Crippen molar-refractivity contribution in [2.75, 3.05) is 32.8 Å². The fourth-order valence-electron chi connectivity index (χ4n) is 2.75. The Bertz CT molecular complexity index is 427. The third-order valence-electron chi connectivity index (χ3n) is 4.21. The van der Waals surface area contributed by atoms with E-state index in [1.165, 1.54) is 17.7 Å². The first-order valence-corrected chi connectivity index (χ1v) is 7.78. The van der Waals surface area contributed by atoms with Gasteiger partial charge in [-0.25, -0.2) is 4.39 Å². The summed E-state index contributed by atoms with van der Waals surface area (Å²) in [4.78, 5) is 2.48. The van der Waals surface area contributed by atoms with Crippen molar-refractivity contribution in [2.24, 2.45) is 0 Å². The number of nitrogens with zero attached hydrogens (tertiary/aromatic N) is 1. The first-order valence-electron chi connectivity index (χ1n) is 7.78. The molecule has 3 nitrogen and oxygen atoms in total. The zero-order chi connectivity index (χ0) is 15.3. The summed E-state index contributed by atoms with van der Waals surface area (Å²) in [6.07, 6.45) is 0.916. The molecular formula is C17H27FN2O. The molecule has 118 valence electrons. The fourth-order valence-corrected chi connectivity index (χ4v) is 2.75. The van der Waals surface area contributed by atoms with Gasteiger partial charge >= 0.3 is 0 Å². The van der Waals surface area contributed by atoms with Crippen molar-refractivity contribution in [3.8, 4) is 0 Å². The van der Waals surface area contributed by atoms with Crippen LogP contribution in [0.2, 0.25) is 0 Å². The molecule has 0 bridgehead atoms. The summed E-state index contributed by atoms with van der Waals surface area (Å²) in [5, 5.41) is 3.61. The molecule has 4 heteroatoms. The van der Waals surface area contributed by atoms with Gasteiger partial charge in [0.15, 0.2) is 0 Å². The first kappa shape index (κ1) is 16.4. The standard InChI is InChI=1S/C17H27FN2O/c1-14(12-15-4-6-16(18)7-5-15)19-13-17(2,3)20-8-10-21-11-9-20/h4-7,14,19H,8-13H2,1-3H3. The van der Waals surface area contributed by atoms with Gasteiger partial charge in [0.2, 0.25) is 0 Å². The van der Waals surface area contributed by atoms with Gasteiger partial charge in [-0.2, -0.15) is 0 Å². The fraction of sp³-hybridized carbons (Fsp3) is 0.647. The van der Waals surface area contributed by atoms with Crippen molar-refractivity contribution in [2.45, 2.75) is 38.8 Å². The van der Waals surface area contributed by atoms with Gasteiger partial charge in [0.05, 0.1) is 13.2 Å². The molecule has 1 heterocycles. The van der Waals surface area contributed by atoms with Crippen molar-refractivity contribution in [3.63, 3.8) is 0 Å². The molecule has 0 spiro atoms. The molecule has 1 N–H and O–H groups in total. The SMILES string of the molecule is CC(Cc1ccc(F)cc1)NCC(C)(C)N1CCOCC1. The third kappa shape index (κ3) is 5.06. The van der Waals surface area contributed by atoms with E-state index >= 15 is 0 Å². The van der Waals surface area contributed by atoms with E-state index in [0.717, 1.165) is 39.3 Å². The van der Waals surface area contributed by atoms with Crippen LogP contribution in [-0.2, 0) is 11.2 Å². The molecular weight excluding hydrogens is 267 g/mol. The zero-order valence-electron chi connectivity index (χ0n) is 13.4. The van der Waals surface area contributed by atoms with E-state index in [1.54, 1.807) is 0 Å². The van der Waals surface area contributed by atoms with Gasteiger partial charge in [-0.3, -0.25) is 4.90 Å². The first-order chi connectivity index (χ1) is 9.97. The number of halogens is 1. The summed E-state index contributed by atoms with van der Waals surface area (Å²) in [6.45, 7) is 11.3. The quantitative estimate of drug-likeness (QED) is 0.872. The highest BCUT2D eigenvalue weighted by atomic mass is 19.1. The van der Waals surface area contributed by atoms with Crippen LogP contribution in [0.1, 0.15) is 26.3 Å². The molecule has 2 rings (SSSR count). The van der Waals surface area contributed by atoms with Gasteiger partial charge in [-0.15, -0.1) is 0 Å². The Balaban J connectivity index is 1.79. The van der Waals surface area contributed by atoms with Crippen LogP contribution in [0.4, 0.5) is 4.39 Å². The largest absolute Gasteiger partial charge is 0.379 e. The predicted octanol–water partition coefficient (Wildman–Crippen LogP) is 2.46. The van der Waals surface area contributed by atoms with Crippen molar-refractivity contribution in [1.82, 2.24) is 10.2 Å². The average Bonchev–Trinajstić information content (AvgIpc) is 2.49. The number of hydrogen-bond donors (Lipinski definition) is 1. The number of rotatable bonds is 6. The molecule has 0 aliphatic carbocycles. The Labute approximate surface area is 127 Å². The summed E-state index contributed by atoms with van der Waals surface area (Å²) >= 11 is 0. The van der Waals surface area contributed by atoms with Crippen LogP contribution in [0.5, 0.6) is 0 Å². The highest BCUT2D eigenvalue weighted by Crippen LogP contribution is 2.15. The van der Waals surface area contributed by atoms with Crippen LogP contribution in [0, 0.1) is 5.82 Å². The minimum atomic E-state index is -0.173. The van der Waals surface area contributed by atoms with E-state index in [-0.39, 0.29) is 11.4 Å². The van der Waals surface area contributed by atoms with Crippen molar-refractivity contribution < 1.29 is 9.13 Å². The molecule has 1 aromatic rings. The minimum absolute atomic E-state index is 0.126. The number of ether oxygens (including phenoxy) is 1. The third-order valence-corrected chi connectivity index (χ3v) is 4.21. The second kappa shape index (κ2) is 7.34. The summed E-state index contributed by atoms with van der Waals surface area (Å²) in [7, 11) is 0. The molecule has 21 heavy (non-hydrogen) atoms. The highest BCUT2D eigenvalue weighted by Gasteiger charge is 2.28. The molecule has 1 fully saturated rings. The van der Waals surface area contributed by atoms with Crippen LogP contribution >= 0.6 is 0 Å². The van der Waals surface area contributed by atoms with Crippen LogP contribution < -0.4 is 5.32 Å². The highest BCUT2D eigenvalue weighted by molar-refractivity contribution is 5.17. The van der Waals surface area contributed by atoms with Crippen LogP contribution in [0.15, 0.2) is 24.3 Å². The monoisotopic (exact) mass is 294 g/mol. The summed E-state index contributed by atoms with van der Waals surface area (Å²) < 4.78 is 18.3. The van der Waals surface area contributed by atoms with Gasteiger partial charge < -0.3 is 10.1 Å². The topological polar surface area (TPSA) is 24.5 Å². The molecule has 0 saturated carbocycles. The molecule has 0 radical (unpaired) electrons. The Kier molecular flexibility index (Phi) is 5.73. The van der Waals surface area contributed by atoms with Crippen molar-refractivity contribution >= 4 is 0 Å². The Morgan fingerprint density at radius 3 is 2.48 bits per heavy atom. The second-order valence-electron chi connectivity index (χ2n) is 6.52. The molecule has 1 aliphatic rings. The minimum Gasteiger partial charge on any atom is -0.379 e. The molecule has 1 aliphatic heterocycles. The zero-order valence-corrected chi connectivity index (χ0v) is 13.4. The molecule has 0 aromatic heterocycles. The average molecular weight is 294 g/mol. The lowest BCUT2D eigenvalue weighted by molar-refractivity contribution is -0.0102. The maximum absolute atomic E-state index is 12.9. The Morgan fingerprint density at radius 2 is 1.86 bits per heavy atom. The molecule has 0 amide bonds. The summed E-state index contributed by atoms with van der Waals surface area (Å²) in [6, 6.07) is 7.15. The van der Waals surface area contributed by atoms with Gasteiger partial charge in [-0.05, 0) is 44.9 Å². The molecule has 1 unspecified atom stereocenters. The summed E-state index contributed by atoms with van der Waals surface area (Å²) in [5.74, 6) is -0.173. The lowest BCUT2D eigenvalue weighted by atomic mass is 10.0. The normalized spacial score (nSPS) is 18.7. The molecule has 1 aromatic carbocycles. The molecule has 1 saturated heterocycles. The van der Waals surface area contributed by atoms with E-state index in [0.29, 0.717) is 6.04 Å². The number of hydrogen-bond acceptors (Lipinski definition) is 3.